The van der Waals surface area contributed by atoms with Crippen LogP contribution in [0.2, 0.25) is 0 Å². The number of rotatable bonds is 4. The van der Waals surface area contributed by atoms with E-state index in [-0.39, 0.29) is 12.0 Å². The van der Waals surface area contributed by atoms with Gasteiger partial charge in [0.2, 0.25) is 0 Å². The first-order chi connectivity index (χ1) is 10.3. The van der Waals surface area contributed by atoms with Gasteiger partial charge in [0.05, 0.1) is 0 Å². The summed E-state index contributed by atoms with van der Waals surface area (Å²) in [5.41, 5.74) is 2.30. The first kappa shape index (κ1) is 13.8. The van der Waals surface area contributed by atoms with Crippen molar-refractivity contribution in [2.75, 3.05) is 6.54 Å². The molecule has 0 bridgehead atoms. The average Bonchev–Trinajstić information content (AvgIpc) is 3.04. The summed E-state index contributed by atoms with van der Waals surface area (Å²) in [6.45, 7) is 1.17. The number of carbonyl (C=O) groups excluding carboxylic acids is 1. The molecule has 0 aliphatic carbocycles. The highest BCUT2D eigenvalue weighted by Crippen LogP contribution is 2.26. The lowest BCUT2D eigenvalue weighted by atomic mass is 9.96. The Hall–Kier alpha value is -2.13. The lowest BCUT2D eigenvalue weighted by Crippen LogP contribution is -2.32. The minimum Gasteiger partial charge on any atom is -0.460 e. The molecule has 2 atom stereocenters. The molecule has 1 N–H and O–H groups in total. The van der Waals surface area contributed by atoms with E-state index < -0.39 is 0 Å². The van der Waals surface area contributed by atoms with Crippen LogP contribution in [-0.2, 0) is 16.1 Å². The van der Waals surface area contributed by atoms with Gasteiger partial charge < -0.3 is 10.1 Å². The summed E-state index contributed by atoms with van der Waals surface area (Å²) < 4.78 is 5.39. The van der Waals surface area contributed by atoms with Crippen LogP contribution in [0.3, 0.4) is 0 Å². The van der Waals surface area contributed by atoms with Crippen molar-refractivity contribution in [2.45, 2.75) is 25.0 Å². The molecule has 2 aromatic rings. The minimum absolute atomic E-state index is 0.155. The predicted octanol–water partition coefficient (Wildman–Crippen LogP) is 2.88. The van der Waals surface area contributed by atoms with Crippen molar-refractivity contribution in [1.82, 2.24) is 5.32 Å². The van der Waals surface area contributed by atoms with E-state index in [1.165, 1.54) is 5.56 Å². The third-order valence-electron chi connectivity index (χ3n) is 3.91. The lowest BCUT2D eigenvalue weighted by Gasteiger charge is -2.11. The SMILES string of the molecule is O=C(OCc1ccccc1)C1CC(c2ccccc2)CN1. The molecule has 1 heterocycles. The number of benzene rings is 2. The zero-order valence-electron chi connectivity index (χ0n) is 11.9. The Labute approximate surface area is 124 Å². The number of hydrogen-bond donors (Lipinski definition) is 1. The fourth-order valence-electron chi connectivity index (χ4n) is 2.72. The van der Waals surface area contributed by atoms with Crippen LogP contribution in [0, 0.1) is 0 Å². The van der Waals surface area contributed by atoms with E-state index in [2.05, 4.69) is 17.4 Å². The Morgan fingerprint density at radius 3 is 2.43 bits per heavy atom. The van der Waals surface area contributed by atoms with Gasteiger partial charge >= 0.3 is 5.97 Å². The molecular formula is C18H19NO2. The van der Waals surface area contributed by atoms with E-state index in [1.54, 1.807) is 0 Å². The van der Waals surface area contributed by atoms with Gasteiger partial charge in [-0.1, -0.05) is 60.7 Å². The molecular weight excluding hydrogens is 262 g/mol. The van der Waals surface area contributed by atoms with E-state index >= 15 is 0 Å². The average molecular weight is 281 g/mol. The summed E-state index contributed by atoms with van der Waals surface area (Å²) in [7, 11) is 0. The normalized spacial score (nSPS) is 21.1. The van der Waals surface area contributed by atoms with Gasteiger partial charge in [-0.15, -0.1) is 0 Å². The summed E-state index contributed by atoms with van der Waals surface area (Å²) in [5.74, 6) is 0.234. The molecule has 1 fully saturated rings. The fraction of sp³-hybridized carbons (Fsp3) is 0.278. The molecule has 1 aliphatic rings. The van der Waals surface area contributed by atoms with Crippen LogP contribution in [0.5, 0.6) is 0 Å². The molecule has 2 unspecified atom stereocenters. The van der Waals surface area contributed by atoms with Gasteiger partial charge in [0.15, 0.2) is 0 Å². The first-order valence-corrected chi connectivity index (χ1v) is 7.32. The summed E-state index contributed by atoms with van der Waals surface area (Å²) in [6.07, 6.45) is 0.803. The van der Waals surface area contributed by atoms with Gasteiger partial charge in [0.1, 0.15) is 12.6 Å². The van der Waals surface area contributed by atoms with Crippen molar-refractivity contribution in [2.24, 2.45) is 0 Å². The van der Waals surface area contributed by atoms with Gasteiger partial charge in [-0.2, -0.15) is 0 Å². The molecule has 0 saturated carbocycles. The smallest absolute Gasteiger partial charge is 0.323 e. The highest BCUT2D eigenvalue weighted by molar-refractivity contribution is 5.76. The van der Waals surface area contributed by atoms with E-state index in [9.17, 15) is 4.79 Å². The maximum absolute atomic E-state index is 12.1. The lowest BCUT2D eigenvalue weighted by molar-refractivity contribution is -0.147. The number of hydrogen-bond acceptors (Lipinski definition) is 3. The third-order valence-corrected chi connectivity index (χ3v) is 3.91. The monoisotopic (exact) mass is 281 g/mol. The standard InChI is InChI=1S/C18H19NO2/c20-18(21-13-14-7-3-1-4-8-14)17-11-16(12-19-17)15-9-5-2-6-10-15/h1-10,16-17,19H,11-13H2. The van der Waals surface area contributed by atoms with E-state index in [4.69, 9.17) is 4.74 Å². The Balaban J connectivity index is 1.53. The maximum Gasteiger partial charge on any atom is 0.323 e. The van der Waals surface area contributed by atoms with Crippen LogP contribution < -0.4 is 5.32 Å². The quantitative estimate of drug-likeness (QED) is 0.876. The molecule has 0 spiro atoms. The van der Waals surface area contributed by atoms with Crippen molar-refractivity contribution in [3.63, 3.8) is 0 Å². The topological polar surface area (TPSA) is 38.3 Å². The van der Waals surface area contributed by atoms with Crippen molar-refractivity contribution in [1.29, 1.82) is 0 Å². The Kier molecular flexibility index (Phi) is 4.31. The summed E-state index contributed by atoms with van der Waals surface area (Å²) >= 11 is 0. The minimum atomic E-state index is -0.195. The molecule has 3 nitrogen and oxygen atoms in total. The number of nitrogens with one attached hydrogen (secondary N) is 1. The largest absolute Gasteiger partial charge is 0.460 e. The van der Waals surface area contributed by atoms with Gasteiger partial charge in [-0.3, -0.25) is 4.79 Å². The summed E-state index contributed by atoms with van der Waals surface area (Å²) in [5, 5.41) is 3.27. The molecule has 21 heavy (non-hydrogen) atoms. The molecule has 1 saturated heterocycles. The molecule has 1 aliphatic heterocycles. The highest BCUT2D eigenvalue weighted by atomic mass is 16.5. The Bertz CT molecular complexity index is 583. The van der Waals surface area contributed by atoms with Crippen LogP contribution in [-0.4, -0.2) is 18.6 Å². The molecule has 0 aromatic heterocycles. The second-order valence-electron chi connectivity index (χ2n) is 5.40. The maximum atomic E-state index is 12.1. The fourth-order valence-corrected chi connectivity index (χ4v) is 2.72. The van der Waals surface area contributed by atoms with Crippen LogP contribution in [0.15, 0.2) is 60.7 Å². The van der Waals surface area contributed by atoms with Crippen molar-refractivity contribution >= 4 is 5.97 Å². The molecule has 3 heteroatoms. The van der Waals surface area contributed by atoms with E-state index in [0.29, 0.717) is 12.5 Å². The van der Waals surface area contributed by atoms with Gasteiger partial charge in [0, 0.05) is 6.54 Å². The second kappa shape index (κ2) is 6.55. The molecule has 0 amide bonds. The molecule has 0 radical (unpaired) electrons. The molecule has 108 valence electrons. The van der Waals surface area contributed by atoms with Crippen molar-refractivity contribution in [3.8, 4) is 0 Å². The van der Waals surface area contributed by atoms with Crippen molar-refractivity contribution < 1.29 is 9.53 Å². The van der Waals surface area contributed by atoms with Gasteiger partial charge in [0.25, 0.3) is 0 Å². The van der Waals surface area contributed by atoms with Crippen LogP contribution in [0.4, 0.5) is 0 Å². The number of esters is 1. The van der Waals surface area contributed by atoms with Crippen LogP contribution in [0.25, 0.3) is 0 Å². The second-order valence-corrected chi connectivity index (χ2v) is 5.40. The zero-order valence-corrected chi connectivity index (χ0v) is 11.9. The predicted molar refractivity (Wildman–Crippen MR) is 81.8 cm³/mol. The van der Waals surface area contributed by atoms with Gasteiger partial charge in [-0.05, 0) is 23.5 Å². The zero-order chi connectivity index (χ0) is 14.5. The summed E-state index contributed by atoms with van der Waals surface area (Å²) in [6, 6.07) is 19.9. The third kappa shape index (κ3) is 3.50. The van der Waals surface area contributed by atoms with Crippen molar-refractivity contribution in [3.05, 3.63) is 71.8 Å². The summed E-state index contributed by atoms with van der Waals surface area (Å²) in [4.78, 5) is 12.1. The number of ether oxygens (including phenoxy) is 1. The molecule has 2 aromatic carbocycles. The van der Waals surface area contributed by atoms with E-state index in [1.807, 2.05) is 48.5 Å². The van der Waals surface area contributed by atoms with E-state index in [0.717, 1.165) is 18.5 Å². The van der Waals surface area contributed by atoms with Crippen LogP contribution >= 0.6 is 0 Å². The van der Waals surface area contributed by atoms with Gasteiger partial charge in [-0.25, -0.2) is 0 Å². The Morgan fingerprint density at radius 2 is 1.71 bits per heavy atom. The molecule has 3 rings (SSSR count). The van der Waals surface area contributed by atoms with Crippen LogP contribution in [0.1, 0.15) is 23.5 Å². The Morgan fingerprint density at radius 1 is 1.05 bits per heavy atom. The first-order valence-electron chi connectivity index (χ1n) is 7.32. The highest BCUT2D eigenvalue weighted by Gasteiger charge is 2.31. The number of carbonyl (C=O) groups is 1.